The molecule has 3 aromatic rings. The fourth-order valence-corrected chi connectivity index (χ4v) is 6.42. The van der Waals surface area contributed by atoms with Crippen LogP contribution in [-0.2, 0) is 4.32 Å². The molecule has 0 radical (unpaired) electrons. The van der Waals surface area contributed by atoms with Gasteiger partial charge in [0, 0.05) is 5.92 Å². The SMILES string of the molecule is CCCCCCCCCCCCCCC(c1ccccc1)C(Br)(c1ccccc1)c1ccccc1.P. The first-order valence-electron chi connectivity index (χ1n) is 14.1. The molecule has 0 amide bonds. The zero-order valence-electron chi connectivity index (χ0n) is 22.5. The van der Waals surface area contributed by atoms with Crippen LogP contribution in [-0.4, -0.2) is 0 Å². The maximum Gasteiger partial charge on any atom is 0.0822 e. The minimum absolute atomic E-state index is 0. The minimum Gasteiger partial charge on any atom is -0.153 e. The van der Waals surface area contributed by atoms with Gasteiger partial charge in [-0.3, -0.25) is 0 Å². The number of hydrogen-bond donors (Lipinski definition) is 0. The van der Waals surface area contributed by atoms with E-state index in [0.717, 1.165) is 0 Å². The predicted molar refractivity (Wildman–Crippen MR) is 169 cm³/mol. The molecule has 0 spiro atoms. The van der Waals surface area contributed by atoms with E-state index in [1.54, 1.807) is 0 Å². The highest BCUT2D eigenvalue weighted by atomic mass is 79.9. The zero-order chi connectivity index (χ0) is 24.6. The molecule has 0 aliphatic rings. The maximum atomic E-state index is 4.34. The van der Waals surface area contributed by atoms with Crippen molar-refractivity contribution in [3.05, 3.63) is 108 Å². The summed E-state index contributed by atoms with van der Waals surface area (Å²) >= 11 is 4.34. The van der Waals surface area contributed by atoms with Crippen molar-refractivity contribution in [3.8, 4) is 0 Å². The van der Waals surface area contributed by atoms with Crippen LogP contribution in [0.2, 0.25) is 0 Å². The van der Waals surface area contributed by atoms with Crippen molar-refractivity contribution in [1.29, 1.82) is 0 Å². The first-order chi connectivity index (χ1) is 17.3. The molecule has 0 nitrogen and oxygen atoms in total. The summed E-state index contributed by atoms with van der Waals surface area (Å²) in [5.74, 6) is 0.372. The second kappa shape index (κ2) is 17.9. The van der Waals surface area contributed by atoms with Crippen molar-refractivity contribution in [3.63, 3.8) is 0 Å². The third-order valence-corrected chi connectivity index (χ3v) is 8.88. The summed E-state index contributed by atoms with van der Waals surface area (Å²) in [7, 11) is 0. The third kappa shape index (κ3) is 9.46. The number of halogens is 1. The van der Waals surface area contributed by atoms with E-state index in [9.17, 15) is 0 Å². The molecular formula is C34H48BrP. The van der Waals surface area contributed by atoms with Gasteiger partial charge in [-0.1, -0.05) is 191 Å². The van der Waals surface area contributed by atoms with Crippen molar-refractivity contribution in [2.45, 2.75) is 101 Å². The Labute approximate surface area is 233 Å². The molecule has 0 N–H and O–H groups in total. The number of alkyl halides is 1. The highest BCUT2D eigenvalue weighted by Gasteiger charge is 2.40. The standard InChI is InChI=1S/C34H45Br.H3P/c1-2-3-4-5-6-7-8-9-10-11-12-22-29-33(30-23-16-13-17-24-30)34(35,31-25-18-14-19-26-31)32-27-20-15-21-28-32;/h13-21,23-28,33H,2-12,22,29H2,1H3;1H3. The molecular weight excluding hydrogens is 519 g/mol. The van der Waals surface area contributed by atoms with Gasteiger partial charge >= 0.3 is 0 Å². The summed E-state index contributed by atoms with van der Waals surface area (Å²) in [5, 5.41) is 0. The molecule has 0 saturated carbocycles. The normalized spacial score (nSPS) is 12.2. The van der Waals surface area contributed by atoms with Crippen LogP contribution in [0.4, 0.5) is 0 Å². The van der Waals surface area contributed by atoms with Gasteiger partial charge in [-0.05, 0) is 23.1 Å². The lowest BCUT2D eigenvalue weighted by molar-refractivity contribution is 0.482. The Morgan fingerprint density at radius 2 is 0.889 bits per heavy atom. The molecule has 0 fully saturated rings. The van der Waals surface area contributed by atoms with Crippen molar-refractivity contribution < 1.29 is 0 Å². The lowest BCUT2D eigenvalue weighted by Crippen LogP contribution is -2.29. The Hall–Kier alpha value is -1.43. The van der Waals surface area contributed by atoms with Gasteiger partial charge in [-0.25, -0.2) is 0 Å². The van der Waals surface area contributed by atoms with Crippen molar-refractivity contribution in [2.75, 3.05) is 0 Å². The first kappa shape index (κ1) is 30.8. The van der Waals surface area contributed by atoms with E-state index in [4.69, 9.17) is 0 Å². The van der Waals surface area contributed by atoms with E-state index in [-0.39, 0.29) is 14.2 Å². The number of rotatable bonds is 17. The van der Waals surface area contributed by atoms with Gasteiger partial charge in [-0.2, -0.15) is 9.90 Å². The Kier molecular flexibility index (Phi) is 15.3. The number of hydrogen-bond acceptors (Lipinski definition) is 0. The summed E-state index contributed by atoms with van der Waals surface area (Å²) < 4.78 is -0.241. The van der Waals surface area contributed by atoms with Crippen LogP contribution in [0, 0.1) is 0 Å². The summed E-state index contributed by atoms with van der Waals surface area (Å²) in [6.45, 7) is 2.29. The van der Waals surface area contributed by atoms with Crippen molar-refractivity contribution >= 4 is 25.8 Å². The highest BCUT2D eigenvalue weighted by Crippen LogP contribution is 2.51. The van der Waals surface area contributed by atoms with Gasteiger partial charge in [0.05, 0.1) is 4.32 Å². The minimum atomic E-state index is -0.241. The average Bonchev–Trinajstić information content (AvgIpc) is 2.92. The molecule has 2 unspecified atom stereocenters. The molecule has 0 bridgehead atoms. The molecule has 36 heavy (non-hydrogen) atoms. The van der Waals surface area contributed by atoms with Gasteiger partial charge in [0.25, 0.3) is 0 Å². The van der Waals surface area contributed by atoms with Crippen LogP contribution >= 0.6 is 25.8 Å². The lowest BCUT2D eigenvalue weighted by Gasteiger charge is -2.38. The van der Waals surface area contributed by atoms with Gasteiger partial charge in [0.1, 0.15) is 0 Å². The molecule has 3 rings (SSSR count). The van der Waals surface area contributed by atoms with Crippen LogP contribution in [0.15, 0.2) is 91.0 Å². The third-order valence-electron chi connectivity index (χ3n) is 7.42. The van der Waals surface area contributed by atoms with Crippen molar-refractivity contribution in [2.24, 2.45) is 0 Å². The Morgan fingerprint density at radius 1 is 0.528 bits per heavy atom. The molecule has 0 saturated heterocycles. The van der Waals surface area contributed by atoms with Crippen LogP contribution < -0.4 is 0 Å². The van der Waals surface area contributed by atoms with Crippen LogP contribution in [0.25, 0.3) is 0 Å². The van der Waals surface area contributed by atoms with Gasteiger partial charge in [-0.15, -0.1) is 0 Å². The van der Waals surface area contributed by atoms with Gasteiger partial charge in [0.2, 0.25) is 0 Å². The van der Waals surface area contributed by atoms with Crippen LogP contribution in [0.5, 0.6) is 0 Å². The fourth-order valence-electron chi connectivity index (χ4n) is 5.40. The zero-order valence-corrected chi connectivity index (χ0v) is 25.5. The number of unbranched alkanes of at least 4 members (excludes halogenated alkanes) is 11. The second-order valence-corrected chi connectivity index (χ2v) is 11.3. The molecule has 0 heterocycles. The van der Waals surface area contributed by atoms with E-state index < -0.39 is 0 Å². The molecule has 0 aliphatic heterocycles. The first-order valence-corrected chi connectivity index (χ1v) is 14.9. The summed E-state index contributed by atoms with van der Waals surface area (Å²) in [5.41, 5.74) is 4.08. The van der Waals surface area contributed by atoms with Crippen LogP contribution in [0.3, 0.4) is 0 Å². The fraction of sp³-hybridized carbons (Fsp3) is 0.471. The topological polar surface area (TPSA) is 0 Å². The monoisotopic (exact) mass is 566 g/mol. The van der Waals surface area contributed by atoms with E-state index in [2.05, 4.69) is 114 Å². The summed E-state index contributed by atoms with van der Waals surface area (Å²) in [4.78, 5) is 0. The molecule has 0 aromatic heterocycles. The molecule has 2 heteroatoms. The van der Waals surface area contributed by atoms with Gasteiger partial charge in [0.15, 0.2) is 0 Å². The molecule has 0 aliphatic carbocycles. The summed E-state index contributed by atoms with van der Waals surface area (Å²) in [6.07, 6.45) is 17.8. The van der Waals surface area contributed by atoms with E-state index in [1.807, 2.05) is 0 Å². The van der Waals surface area contributed by atoms with Gasteiger partial charge < -0.3 is 0 Å². The quantitative estimate of drug-likeness (QED) is 0.0865. The predicted octanol–water partition coefficient (Wildman–Crippen LogP) is 11.3. The smallest absolute Gasteiger partial charge is 0.0822 e. The number of benzene rings is 3. The van der Waals surface area contributed by atoms with E-state index in [1.165, 1.54) is 100 Å². The van der Waals surface area contributed by atoms with E-state index >= 15 is 0 Å². The Bertz CT molecular complexity index is 870. The van der Waals surface area contributed by atoms with Crippen LogP contribution in [0.1, 0.15) is 113 Å². The van der Waals surface area contributed by atoms with Crippen molar-refractivity contribution in [1.82, 2.24) is 0 Å². The second-order valence-electron chi connectivity index (χ2n) is 10.1. The molecule has 2 atom stereocenters. The summed E-state index contributed by atoms with van der Waals surface area (Å²) in [6, 6.07) is 33.1. The van der Waals surface area contributed by atoms with E-state index in [0.29, 0.717) is 5.92 Å². The Balaban J connectivity index is 0.00000456. The average molecular weight is 568 g/mol. The molecule has 196 valence electrons. The highest BCUT2D eigenvalue weighted by molar-refractivity contribution is 9.09. The maximum absolute atomic E-state index is 4.34. The largest absolute Gasteiger partial charge is 0.153 e. The molecule has 3 aromatic carbocycles. The lowest BCUT2D eigenvalue weighted by atomic mass is 9.74. The Morgan fingerprint density at radius 3 is 1.31 bits per heavy atom.